The zero-order valence-electron chi connectivity index (χ0n) is 23.5. The molecule has 0 saturated heterocycles. The molecule has 0 radical (unpaired) electrons. The van der Waals surface area contributed by atoms with Crippen molar-refractivity contribution in [3.63, 3.8) is 0 Å². The third-order valence-electron chi connectivity index (χ3n) is 6.32. The molecule has 0 aliphatic rings. The number of aliphatic hydroxyl groups excluding tert-OH is 1. The Balaban J connectivity index is 2.01. The van der Waals surface area contributed by atoms with E-state index in [1.54, 1.807) is 18.5 Å². The Hall–Kier alpha value is -0.930. The summed E-state index contributed by atoms with van der Waals surface area (Å²) in [4.78, 5) is 8.20. The van der Waals surface area contributed by atoms with E-state index in [1.165, 1.54) is 96.3 Å². The van der Waals surface area contributed by atoms with Gasteiger partial charge >= 0.3 is 6.01 Å². The van der Waals surface area contributed by atoms with Gasteiger partial charge < -0.3 is 23.9 Å². The molecule has 1 heterocycles. The molecule has 2 unspecified atom stereocenters. The van der Waals surface area contributed by atoms with Crippen LogP contribution in [0.1, 0.15) is 110 Å². The average molecular weight is 543 g/mol. The number of hydrogen-bond acceptors (Lipinski definition) is 7. The molecule has 2 atom stereocenters. The van der Waals surface area contributed by atoms with Crippen molar-refractivity contribution in [3.8, 4) is 6.01 Å². The summed E-state index contributed by atoms with van der Waals surface area (Å²) in [5, 5.41) is 8.77. The molecule has 0 spiro atoms. The standard InChI is InChI=1S/C29H54N2O5S/c1-2-3-4-5-6-7-8-9-10-11-12-13-14-15-16-17-22-35-26-28(36-29-30-19-18-20-31-29)27-37(33)25-24-34-23-21-32/h18-20,28,32H,2-17,21-27H2,1H3. The minimum atomic E-state index is -1.11. The number of nitrogens with zero attached hydrogens (tertiary/aromatic N) is 2. The minimum Gasteiger partial charge on any atom is -0.616 e. The predicted octanol–water partition coefficient (Wildman–Crippen LogP) is 6.26. The van der Waals surface area contributed by atoms with Crippen LogP contribution in [0.3, 0.4) is 0 Å². The SMILES string of the molecule is CCCCCCCCCCCCCCCCCCOCC(C[S+]([O-])CCOCCO)Oc1ncccn1. The molecule has 7 nitrogen and oxygen atoms in total. The van der Waals surface area contributed by atoms with Gasteiger partial charge in [-0.2, -0.15) is 0 Å². The summed E-state index contributed by atoms with van der Waals surface area (Å²) in [5.41, 5.74) is 0. The maximum Gasteiger partial charge on any atom is 0.316 e. The van der Waals surface area contributed by atoms with Gasteiger partial charge in [0.25, 0.3) is 0 Å². The van der Waals surface area contributed by atoms with Crippen LogP contribution in [0.5, 0.6) is 6.01 Å². The van der Waals surface area contributed by atoms with Crippen LogP contribution in [0.15, 0.2) is 18.5 Å². The highest BCUT2D eigenvalue weighted by atomic mass is 32.2. The summed E-state index contributed by atoms with van der Waals surface area (Å²) in [6.07, 6.45) is 24.5. The predicted molar refractivity (Wildman–Crippen MR) is 153 cm³/mol. The summed E-state index contributed by atoms with van der Waals surface area (Å²) >= 11 is -1.11. The van der Waals surface area contributed by atoms with E-state index in [4.69, 9.17) is 19.3 Å². The molecule has 1 aromatic heterocycles. The summed E-state index contributed by atoms with van der Waals surface area (Å²) in [6, 6.07) is 2.00. The first-order chi connectivity index (χ1) is 18.3. The second kappa shape index (κ2) is 26.7. The van der Waals surface area contributed by atoms with Gasteiger partial charge in [-0.25, -0.2) is 9.97 Å². The average Bonchev–Trinajstić information content (AvgIpc) is 2.91. The molecular weight excluding hydrogens is 488 g/mol. The fourth-order valence-corrected chi connectivity index (χ4v) is 5.24. The molecule has 0 aliphatic carbocycles. The number of ether oxygens (including phenoxy) is 3. The van der Waals surface area contributed by atoms with Crippen molar-refractivity contribution < 1.29 is 23.9 Å². The Morgan fingerprint density at radius 1 is 0.757 bits per heavy atom. The fourth-order valence-electron chi connectivity index (χ4n) is 4.19. The third-order valence-corrected chi connectivity index (χ3v) is 7.69. The quantitative estimate of drug-likeness (QED) is 0.0986. The molecule has 37 heavy (non-hydrogen) atoms. The van der Waals surface area contributed by atoms with Gasteiger partial charge in [0.05, 0.1) is 26.4 Å². The van der Waals surface area contributed by atoms with Gasteiger partial charge in [0, 0.05) is 19.0 Å². The van der Waals surface area contributed by atoms with Crippen molar-refractivity contribution in [2.75, 3.05) is 44.5 Å². The number of aliphatic hydroxyl groups is 1. The van der Waals surface area contributed by atoms with Crippen LogP contribution in [-0.2, 0) is 20.6 Å². The topological polar surface area (TPSA) is 96.8 Å². The summed E-state index contributed by atoms with van der Waals surface area (Å²) in [7, 11) is 0. The lowest BCUT2D eigenvalue weighted by Crippen LogP contribution is -2.34. The molecule has 0 saturated carbocycles. The highest BCUT2D eigenvalue weighted by molar-refractivity contribution is 7.91. The molecule has 0 aromatic carbocycles. The monoisotopic (exact) mass is 542 g/mol. The lowest BCUT2D eigenvalue weighted by molar-refractivity contribution is 0.0532. The summed E-state index contributed by atoms with van der Waals surface area (Å²) in [6.45, 7) is 3.90. The van der Waals surface area contributed by atoms with E-state index in [2.05, 4.69) is 16.9 Å². The van der Waals surface area contributed by atoms with Gasteiger partial charge in [-0.15, -0.1) is 0 Å². The van der Waals surface area contributed by atoms with Crippen molar-refractivity contribution in [2.45, 2.75) is 116 Å². The Morgan fingerprint density at radius 2 is 1.30 bits per heavy atom. The van der Waals surface area contributed by atoms with Crippen molar-refractivity contribution in [3.05, 3.63) is 18.5 Å². The first kappa shape index (κ1) is 34.1. The highest BCUT2D eigenvalue weighted by Gasteiger charge is 2.20. The van der Waals surface area contributed by atoms with E-state index in [1.807, 2.05) is 0 Å². The van der Waals surface area contributed by atoms with Crippen molar-refractivity contribution >= 4 is 11.2 Å². The van der Waals surface area contributed by atoms with Gasteiger partial charge in [0.2, 0.25) is 0 Å². The van der Waals surface area contributed by atoms with E-state index in [0.717, 1.165) is 6.42 Å². The number of unbranched alkanes of at least 4 members (excludes halogenated alkanes) is 15. The zero-order valence-corrected chi connectivity index (χ0v) is 24.3. The van der Waals surface area contributed by atoms with Crippen molar-refractivity contribution in [2.24, 2.45) is 0 Å². The molecule has 1 aromatic rings. The van der Waals surface area contributed by atoms with Gasteiger partial charge in [0.15, 0.2) is 6.10 Å². The largest absolute Gasteiger partial charge is 0.616 e. The van der Waals surface area contributed by atoms with E-state index < -0.39 is 11.2 Å². The van der Waals surface area contributed by atoms with Crippen LogP contribution < -0.4 is 4.74 Å². The first-order valence-corrected chi connectivity index (χ1v) is 16.3. The minimum absolute atomic E-state index is 0.0308. The highest BCUT2D eigenvalue weighted by Crippen LogP contribution is 2.14. The Bertz CT molecular complexity index is 585. The second-order valence-electron chi connectivity index (χ2n) is 9.80. The molecule has 0 amide bonds. The molecule has 0 bridgehead atoms. The molecule has 216 valence electrons. The maximum absolute atomic E-state index is 12.4. The third kappa shape index (κ3) is 22.7. The molecule has 1 rings (SSSR count). The van der Waals surface area contributed by atoms with E-state index in [9.17, 15) is 4.55 Å². The molecule has 0 aliphatic heterocycles. The number of aromatic nitrogens is 2. The van der Waals surface area contributed by atoms with Crippen LogP contribution in [0, 0.1) is 0 Å². The summed E-state index contributed by atoms with van der Waals surface area (Å²) < 4.78 is 29.3. The van der Waals surface area contributed by atoms with Crippen molar-refractivity contribution in [1.29, 1.82) is 0 Å². The Kier molecular flexibility index (Phi) is 24.6. The van der Waals surface area contributed by atoms with Crippen LogP contribution in [0.4, 0.5) is 0 Å². The van der Waals surface area contributed by atoms with Crippen LogP contribution in [-0.4, -0.2) is 70.3 Å². The van der Waals surface area contributed by atoms with Gasteiger partial charge in [0.1, 0.15) is 11.5 Å². The smallest absolute Gasteiger partial charge is 0.316 e. The van der Waals surface area contributed by atoms with E-state index >= 15 is 0 Å². The normalized spacial score (nSPS) is 13.1. The maximum atomic E-state index is 12.4. The first-order valence-electron chi connectivity index (χ1n) is 14.8. The Labute approximate surface area is 229 Å². The number of hydrogen-bond donors (Lipinski definition) is 1. The van der Waals surface area contributed by atoms with Crippen LogP contribution >= 0.6 is 0 Å². The van der Waals surface area contributed by atoms with E-state index in [0.29, 0.717) is 31.3 Å². The van der Waals surface area contributed by atoms with Gasteiger partial charge in [-0.3, -0.25) is 0 Å². The Morgan fingerprint density at radius 3 is 1.84 bits per heavy atom. The lowest BCUT2D eigenvalue weighted by atomic mass is 10.0. The second-order valence-corrected chi connectivity index (χ2v) is 11.4. The fraction of sp³-hybridized carbons (Fsp3) is 0.862. The zero-order chi connectivity index (χ0) is 26.7. The molecule has 1 N–H and O–H groups in total. The summed E-state index contributed by atoms with van der Waals surface area (Å²) in [5.74, 6) is 0.730. The lowest BCUT2D eigenvalue weighted by Gasteiger charge is -2.20. The van der Waals surface area contributed by atoms with Crippen LogP contribution in [0.2, 0.25) is 0 Å². The van der Waals surface area contributed by atoms with Gasteiger partial charge in [-0.1, -0.05) is 103 Å². The van der Waals surface area contributed by atoms with Crippen molar-refractivity contribution in [1.82, 2.24) is 9.97 Å². The van der Waals surface area contributed by atoms with E-state index in [-0.39, 0.29) is 25.3 Å². The molecule has 0 fully saturated rings. The van der Waals surface area contributed by atoms with Crippen LogP contribution in [0.25, 0.3) is 0 Å². The van der Waals surface area contributed by atoms with Gasteiger partial charge in [-0.05, 0) is 23.7 Å². The molecular formula is C29H54N2O5S. The number of rotatable bonds is 28. The molecule has 8 heteroatoms.